The highest BCUT2D eigenvalue weighted by molar-refractivity contribution is 7.22. The van der Waals surface area contributed by atoms with E-state index in [1.165, 1.54) is 11.3 Å². The van der Waals surface area contributed by atoms with Gasteiger partial charge in [0.25, 0.3) is 5.91 Å². The van der Waals surface area contributed by atoms with Gasteiger partial charge in [0.1, 0.15) is 11.3 Å². The van der Waals surface area contributed by atoms with E-state index in [1.807, 2.05) is 45.1 Å². The first-order chi connectivity index (χ1) is 12.4. The molecule has 0 unspecified atom stereocenters. The Kier molecular flexibility index (Phi) is 5.24. The Bertz CT molecular complexity index is 931. The summed E-state index contributed by atoms with van der Waals surface area (Å²) < 4.78 is 8.20. The Morgan fingerprint density at radius 3 is 2.69 bits per heavy atom. The number of anilines is 1. The number of methoxy groups -OCH3 is 1. The van der Waals surface area contributed by atoms with Crippen LogP contribution < -0.4 is 9.64 Å². The summed E-state index contributed by atoms with van der Waals surface area (Å²) in [6.45, 7) is 3.29. The fourth-order valence-electron chi connectivity index (χ4n) is 2.66. The second-order valence-corrected chi connectivity index (χ2v) is 7.36. The van der Waals surface area contributed by atoms with Crippen molar-refractivity contribution in [2.45, 2.75) is 6.92 Å². The zero-order valence-electron chi connectivity index (χ0n) is 15.7. The summed E-state index contributed by atoms with van der Waals surface area (Å²) in [5.74, 6) is 0.951. The van der Waals surface area contributed by atoms with Crippen LogP contribution in [0.3, 0.4) is 0 Å². The molecule has 7 nitrogen and oxygen atoms in total. The van der Waals surface area contributed by atoms with Gasteiger partial charge in [-0.15, -0.1) is 0 Å². The molecule has 2 aromatic heterocycles. The maximum absolute atomic E-state index is 13.1. The molecular formula is C18H23N5O2S. The third-order valence-corrected chi connectivity index (χ3v) is 5.39. The number of fused-ring (bicyclic) bond motifs is 1. The van der Waals surface area contributed by atoms with Crippen molar-refractivity contribution in [3.8, 4) is 5.75 Å². The predicted octanol–water partition coefficient (Wildman–Crippen LogP) is 2.56. The standard InChI is InChI=1S/C18H23N5O2S/c1-12-6-7-13(25-5)14-15(12)26-18(20-14)23(11-10-21(2)3)17(24)16-19-8-9-22(16)4/h6-9H,10-11H2,1-5H3. The molecule has 3 aromatic rings. The quantitative estimate of drug-likeness (QED) is 0.664. The molecule has 26 heavy (non-hydrogen) atoms. The number of thiazole rings is 1. The van der Waals surface area contributed by atoms with Crippen molar-refractivity contribution in [3.63, 3.8) is 0 Å². The lowest BCUT2D eigenvalue weighted by atomic mass is 10.2. The van der Waals surface area contributed by atoms with Crippen LogP contribution in [0, 0.1) is 6.92 Å². The number of hydrogen-bond donors (Lipinski definition) is 0. The summed E-state index contributed by atoms with van der Waals surface area (Å²) in [5.41, 5.74) is 1.90. The molecule has 138 valence electrons. The lowest BCUT2D eigenvalue weighted by Gasteiger charge is -2.21. The molecule has 1 amide bonds. The van der Waals surface area contributed by atoms with Crippen LogP contribution in [-0.2, 0) is 7.05 Å². The topological polar surface area (TPSA) is 63.5 Å². The zero-order chi connectivity index (χ0) is 18.8. The molecule has 1 aromatic carbocycles. The lowest BCUT2D eigenvalue weighted by molar-refractivity contribution is 0.0972. The molecule has 2 heterocycles. The van der Waals surface area contributed by atoms with E-state index in [0.29, 0.717) is 23.3 Å². The first kappa shape index (κ1) is 18.3. The predicted molar refractivity (Wildman–Crippen MR) is 104 cm³/mol. The number of aryl methyl sites for hydroxylation is 2. The SMILES string of the molecule is COc1ccc(C)c2sc(N(CCN(C)C)C(=O)c3nccn3C)nc12. The van der Waals surface area contributed by atoms with Crippen molar-refractivity contribution in [3.05, 3.63) is 35.9 Å². The number of likely N-dealkylation sites (N-methyl/N-ethyl adjacent to an activating group) is 1. The van der Waals surface area contributed by atoms with Gasteiger partial charge in [0.05, 0.1) is 11.8 Å². The van der Waals surface area contributed by atoms with Crippen molar-refractivity contribution in [2.75, 3.05) is 39.2 Å². The van der Waals surface area contributed by atoms with E-state index in [-0.39, 0.29) is 5.91 Å². The number of amides is 1. The van der Waals surface area contributed by atoms with E-state index in [9.17, 15) is 4.79 Å². The molecular weight excluding hydrogens is 350 g/mol. The summed E-state index contributed by atoms with van der Waals surface area (Å²) >= 11 is 1.50. The number of carbonyl (C=O) groups is 1. The molecule has 0 saturated carbocycles. The van der Waals surface area contributed by atoms with Crippen LogP contribution in [0.1, 0.15) is 16.2 Å². The van der Waals surface area contributed by atoms with Crippen LogP contribution in [0.5, 0.6) is 5.75 Å². The molecule has 0 aliphatic heterocycles. The van der Waals surface area contributed by atoms with Gasteiger partial charge in [0, 0.05) is 32.5 Å². The van der Waals surface area contributed by atoms with Crippen molar-refractivity contribution >= 4 is 32.6 Å². The van der Waals surface area contributed by atoms with Crippen LogP contribution >= 0.6 is 11.3 Å². The summed E-state index contributed by atoms with van der Waals surface area (Å²) in [7, 11) is 7.41. The molecule has 0 fully saturated rings. The van der Waals surface area contributed by atoms with Crippen LogP contribution in [0.15, 0.2) is 24.5 Å². The van der Waals surface area contributed by atoms with E-state index in [0.717, 1.165) is 22.3 Å². The van der Waals surface area contributed by atoms with Crippen LogP contribution in [-0.4, -0.2) is 59.6 Å². The molecule has 0 bridgehead atoms. The van der Waals surface area contributed by atoms with Gasteiger partial charge < -0.3 is 14.2 Å². The summed E-state index contributed by atoms with van der Waals surface area (Å²) in [6.07, 6.45) is 3.39. The van der Waals surface area contributed by atoms with Gasteiger partial charge in [0.15, 0.2) is 11.0 Å². The number of aromatic nitrogens is 3. The molecule has 0 N–H and O–H groups in total. The van der Waals surface area contributed by atoms with Gasteiger partial charge in [-0.2, -0.15) is 0 Å². The van der Waals surface area contributed by atoms with Crippen LogP contribution in [0.4, 0.5) is 5.13 Å². The third-order valence-electron chi connectivity index (χ3n) is 4.17. The third kappa shape index (κ3) is 3.42. The zero-order valence-corrected chi connectivity index (χ0v) is 16.5. The average molecular weight is 373 g/mol. The maximum atomic E-state index is 13.1. The minimum Gasteiger partial charge on any atom is -0.494 e. The van der Waals surface area contributed by atoms with Crippen molar-refractivity contribution in [1.82, 2.24) is 19.4 Å². The first-order valence-electron chi connectivity index (χ1n) is 8.30. The number of imidazole rings is 1. The van der Waals surface area contributed by atoms with Crippen molar-refractivity contribution in [1.29, 1.82) is 0 Å². The minimum atomic E-state index is -0.157. The molecule has 0 saturated heterocycles. The molecule has 0 atom stereocenters. The number of rotatable bonds is 6. The van der Waals surface area contributed by atoms with Gasteiger partial charge in [-0.1, -0.05) is 17.4 Å². The van der Waals surface area contributed by atoms with Gasteiger partial charge in [0.2, 0.25) is 0 Å². The highest BCUT2D eigenvalue weighted by Gasteiger charge is 2.25. The summed E-state index contributed by atoms with van der Waals surface area (Å²) in [6, 6.07) is 3.92. The normalized spacial score (nSPS) is 11.3. The summed E-state index contributed by atoms with van der Waals surface area (Å²) in [5, 5.41) is 0.655. The number of nitrogens with zero attached hydrogens (tertiary/aromatic N) is 5. The molecule has 3 rings (SSSR count). The Balaban J connectivity index is 2.07. The second kappa shape index (κ2) is 7.43. The smallest absolute Gasteiger partial charge is 0.296 e. The first-order valence-corrected chi connectivity index (χ1v) is 9.12. The monoisotopic (exact) mass is 373 g/mol. The van der Waals surface area contributed by atoms with Crippen molar-refractivity contribution in [2.24, 2.45) is 7.05 Å². The molecule has 8 heteroatoms. The Morgan fingerprint density at radius 1 is 1.31 bits per heavy atom. The van der Waals surface area contributed by atoms with Gasteiger partial charge in [-0.25, -0.2) is 9.97 Å². The van der Waals surface area contributed by atoms with E-state index < -0.39 is 0 Å². The summed E-state index contributed by atoms with van der Waals surface area (Å²) in [4.78, 5) is 25.8. The average Bonchev–Trinajstić information content (AvgIpc) is 3.22. The number of ether oxygens (including phenoxy) is 1. The van der Waals surface area contributed by atoms with Gasteiger partial charge in [-0.05, 0) is 32.6 Å². The van der Waals surface area contributed by atoms with E-state index in [2.05, 4.69) is 4.98 Å². The van der Waals surface area contributed by atoms with E-state index in [1.54, 1.807) is 29.0 Å². The van der Waals surface area contributed by atoms with Gasteiger partial charge in [-0.3, -0.25) is 9.69 Å². The van der Waals surface area contributed by atoms with Crippen LogP contribution in [0.25, 0.3) is 10.2 Å². The Labute approximate surface area is 156 Å². The van der Waals surface area contributed by atoms with Gasteiger partial charge >= 0.3 is 0 Å². The molecule has 0 radical (unpaired) electrons. The lowest BCUT2D eigenvalue weighted by Crippen LogP contribution is -2.38. The number of hydrogen-bond acceptors (Lipinski definition) is 6. The largest absolute Gasteiger partial charge is 0.494 e. The molecule has 0 aliphatic carbocycles. The minimum absolute atomic E-state index is 0.157. The maximum Gasteiger partial charge on any atom is 0.296 e. The van der Waals surface area contributed by atoms with Crippen molar-refractivity contribution < 1.29 is 9.53 Å². The highest BCUT2D eigenvalue weighted by Crippen LogP contribution is 2.36. The molecule has 0 aliphatic rings. The van der Waals surface area contributed by atoms with E-state index >= 15 is 0 Å². The highest BCUT2D eigenvalue weighted by atomic mass is 32.1. The van der Waals surface area contributed by atoms with E-state index in [4.69, 9.17) is 9.72 Å². The number of carbonyl (C=O) groups excluding carboxylic acids is 1. The Morgan fingerprint density at radius 2 is 2.08 bits per heavy atom. The Hall–Kier alpha value is -2.45. The second-order valence-electron chi connectivity index (χ2n) is 6.38. The molecule has 0 spiro atoms. The van der Waals surface area contributed by atoms with Crippen LogP contribution in [0.2, 0.25) is 0 Å². The fraction of sp³-hybridized carbons (Fsp3) is 0.389. The fourth-order valence-corrected chi connectivity index (χ4v) is 3.73. The number of benzene rings is 1.